The first-order valence-electron chi connectivity index (χ1n) is 5.85. The monoisotopic (exact) mass is 278 g/mol. The Morgan fingerprint density at radius 3 is 2.58 bits per heavy atom. The van der Waals surface area contributed by atoms with Crippen molar-refractivity contribution in [2.75, 3.05) is 0 Å². The Labute approximate surface area is 115 Å². The molecular weight excluding hydrogens is 264 g/mol. The third-order valence-electron chi connectivity index (χ3n) is 2.45. The number of carboxylic acids is 1. The molecule has 0 fully saturated rings. The number of rotatable bonds is 5. The molecule has 0 bridgehead atoms. The van der Waals surface area contributed by atoms with E-state index in [2.05, 4.69) is 10.1 Å². The number of hydrogen-bond donors (Lipinski definition) is 1. The van der Waals surface area contributed by atoms with E-state index in [0.717, 1.165) is 4.90 Å². The second-order valence-electron chi connectivity index (χ2n) is 4.32. The van der Waals surface area contributed by atoms with E-state index in [9.17, 15) is 4.79 Å². The van der Waals surface area contributed by atoms with Crippen molar-refractivity contribution in [2.24, 2.45) is 0 Å². The highest BCUT2D eigenvalue weighted by Crippen LogP contribution is 2.22. The zero-order chi connectivity index (χ0) is 13.8. The van der Waals surface area contributed by atoms with Crippen LogP contribution >= 0.6 is 11.8 Å². The van der Waals surface area contributed by atoms with E-state index in [-0.39, 0.29) is 11.5 Å². The minimum Gasteiger partial charge on any atom is -0.478 e. The Morgan fingerprint density at radius 2 is 2.05 bits per heavy atom. The molecule has 0 radical (unpaired) electrons. The van der Waals surface area contributed by atoms with Gasteiger partial charge in [0.2, 0.25) is 5.89 Å². The van der Waals surface area contributed by atoms with Gasteiger partial charge in [-0.15, -0.1) is 11.8 Å². The molecule has 0 atom stereocenters. The van der Waals surface area contributed by atoms with Gasteiger partial charge in [0.1, 0.15) is 0 Å². The maximum atomic E-state index is 10.7. The van der Waals surface area contributed by atoms with Gasteiger partial charge in [0, 0.05) is 10.8 Å². The number of nitrogens with zero attached hydrogens (tertiary/aromatic N) is 2. The van der Waals surface area contributed by atoms with E-state index >= 15 is 0 Å². The maximum absolute atomic E-state index is 10.7. The minimum absolute atomic E-state index is 0.223. The number of carbonyl (C=O) groups is 1. The third-order valence-corrected chi connectivity index (χ3v) is 3.45. The standard InChI is InChI=1S/C13H14N2O3S/c1-8(2)12-14-11(15-18-12)7-19-10-5-3-9(4-6-10)13(16)17/h3-6,8H,7H2,1-2H3,(H,16,17). The summed E-state index contributed by atoms with van der Waals surface area (Å²) in [5.74, 6) is 1.19. The molecule has 1 heterocycles. The quantitative estimate of drug-likeness (QED) is 0.846. The van der Waals surface area contributed by atoms with E-state index in [1.54, 1.807) is 36.0 Å². The van der Waals surface area contributed by atoms with Crippen molar-refractivity contribution in [1.29, 1.82) is 0 Å². The summed E-state index contributed by atoms with van der Waals surface area (Å²) in [6, 6.07) is 6.72. The lowest BCUT2D eigenvalue weighted by Crippen LogP contribution is -1.94. The van der Waals surface area contributed by atoms with Crippen molar-refractivity contribution >= 4 is 17.7 Å². The number of hydrogen-bond acceptors (Lipinski definition) is 5. The highest BCUT2D eigenvalue weighted by molar-refractivity contribution is 7.98. The van der Waals surface area contributed by atoms with Gasteiger partial charge in [-0.3, -0.25) is 0 Å². The molecule has 0 aliphatic heterocycles. The highest BCUT2D eigenvalue weighted by atomic mass is 32.2. The summed E-state index contributed by atoms with van der Waals surface area (Å²) in [6.07, 6.45) is 0. The predicted molar refractivity (Wildman–Crippen MR) is 71.3 cm³/mol. The van der Waals surface area contributed by atoms with Crippen molar-refractivity contribution in [2.45, 2.75) is 30.4 Å². The van der Waals surface area contributed by atoms with Gasteiger partial charge in [0.25, 0.3) is 0 Å². The Balaban J connectivity index is 1.96. The third kappa shape index (κ3) is 3.57. The molecule has 0 saturated carbocycles. The minimum atomic E-state index is -0.920. The first kappa shape index (κ1) is 13.6. The summed E-state index contributed by atoms with van der Waals surface area (Å²) in [7, 11) is 0. The summed E-state index contributed by atoms with van der Waals surface area (Å²) in [5.41, 5.74) is 0.283. The van der Waals surface area contributed by atoms with Gasteiger partial charge in [-0.05, 0) is 24.3 Å². The van der Waals surface area contributed by atoms with Crippen molar-refractivity contribution < 1.29 is 14.4 Å². The van der Waals surface area contributed by atoms with Crippen LogP contribution in [0.4, 0.5) is 0 Å². The normalized spacial score (nSPS) is 10.9. The summed E-state index contributed by atoms with van der Waals surface area (Å²) in [5, 5.41) is 12.7. The van der Waals surface area contributed by atoms with Crippen LogP contribution in [0.25, 0.3) is 0 Å². The second-order valence-corrected chi connectivity index (χ2v) is 5.37. The Morgan fingerprint density at radius 1 is 1.37 bits per heavy atom. The topological polar surface area (TPSA) is 76.2 Å². The molecule has 1 N–H and O–H groups in total. The van der Waals surface area contributed by atoms with Gasteiger partial charge in [-0.1, -0.05) is 19.0 Å². The average molecular weight is 278 g/mol. The lowest BCUT2D eigenvalue weighted by molar-refractivity contribution is 0.0697. The first-order chi connectivity index (χ1) is 9.06. The number of carboxylic acid groups (broad SMARTS) is 1. The number of aromatic carboxylic acids is 1. The molecule has 5 nitrogen and oxygen atoms in total. The SMILES string of the molecule is CC(C)c1nc(CSc2ccc(C(=O)O)cc2)no1. The Kier molecular flexibility index (Phi) is 4.21. The summed E-state index contributed by atoms with van der Waals surface area (Å²) < 4.78 is 5.11. The molecule has 0 aliphatic rings. The molecule has 0 spiro atoms. The highest BCUT2D eigenvalue weighted by Gasteiger charge is 2.10. The lowest BCUT2D eigenvalue weighted by atomic mass is 10.2. The van der Waals surface area contributed by atoms with Crippen LogP contribution in [0.2, 0.25) is 0 Å². The van der Waals surface area contributed by atoms with Crippen LogP contribution in [0, 0.1) is 0 Å². The predicted octanol–water partition coefficient (Wildman–Crippen LogP) is 3.18. The lowest BCUT2D eigenvalue weighted by Gasteiger charge is -1.99. The second kappa shape index (κ2) is 5.88. The van der Waals surface area contributed by atoms with Gasteiger partial charge < -0.3 is 9.63 Å². The fraction of sp³-hybridized carbons (Fsp3) is 0.308. The van der Waals surface area contributed by atoms with Gasteiger partial charge in [-0.2, -0.15) is 4.98 Å². The molecule has 100 valence electrons. The van der Waals surface area contributed by atoms with Crippen LogP contribution in [-0.2, 0) is 5.75 Å². The number of benzene rings is 1. The number of thioether (sulfide) groups is 1. The molecule has 1 aromatic carbocycles. The van der Waals surface area contributed by atoms with Crippen molar-refractivity contribution in [3.63, 3.8) is 0 Å². The molecule has 19 heavy (non-hydrogen) atoms. The molecule has 0 amide bonds. The molecule has 6 heteroatoms. The Bertz CT molecular complexity index is 564. The fourth-order valence-electron chi connectivity index (χ4n) is 1.40. The van der Waals surface area contributed by atoms with Crippen LogP contribution in [0.3, 0.4) is 0 Å². The molecule has 0 aliphatic carbocycles. The molecule has 1 aromatic heterocycles. The van der Waals surface area contributed by atoms with E-state index in [0.29, 0.717) is 17.5 Å². The largest absolute Gasteiger partial charge is 0.478 e. The van der Waals surface area contributed by atoms with Crippen LogP contribution in [-0.4, -0.2) is 21.2 Å². The smallest absolute Gasteiger partial charge is 0.335 e. The fourth-order valence-corrected chi connectivity index (χ4v) is 2.14. The zero-order valence-electron chi connectivity index (χ0n) is 10.7. The van der Waals surface area contributed by atoms with Crippen LogP contribution in [0.15, 0.2) is 33.7 Å². The Hall–Kier alpha value is -1.82. The van der Waals surface area contributed by atoms with E-state index < -0.39 is 5.97 Å². The summed E-state index contributed by atoms with van der Waals surface area (Å²) in [6.45, 7) is 3.99. The van der Waals surface area contributed by atoms with Crippen molar-refractivity contribution in [3.8, 4) is 0 Å². The van der Waals surface area contributed by atoms with E-state index in [1.807, 2.05) is 13.8 Å². The number of aromatic nitrogens is 2. The van der Waals surface area contributed by atoms with Gasteiger partial charge >= 0.3 is 5.97 Å². The van der Waals surface area contributed by atoms with Crippen molar-refractivity contribution in [1.82, 2.24) is 10.1 Å². The molecule has 0 saturated heterocycles. The summed E-state index contributed by atoms with van der Waals surface area (Å²) in [4.78, 5) is 16.0. The van der Waals surface area contributed by atoms with Gasteiger partial charge in [0.05, 0.1) is 11.3 Å². The van der Waals surface area contributed by atoms with E-state index in [4.69, 9.17) is 9.63 Å². The van der Waals surface area contributed by atoms with Gasteiger partial charge in [-0.25, -0.2) is 4.79 Å². The molecule has 2 rings (SSSR count). The van der Waals surface area contributed by atoms with Crippen molar-refractivity contribution in [3.05, 3.63) is 41.5 Å². The van der Waals surface area contributed by atoms with Crippen LogP contribution in [0.1, 0.15) is 41.8 Å². The van der Waals surface area contributed by atoms with Crippen LogP contribution < -0.4 is 0 Å². The molecule has 0 unspecified atom stereocenters. The average Bonchev–Trinajstić information content (AvgIpc) is 2.86. The maximum Gasteiger partial charge on any atom is 0.335 e. The van der Waals surface area contributed by atoms with Crippen LogP contribution in [0.5, 0.6) is 0 Å². The van der Waals surface area contributed by atoms with Gasteiger partial charge in [0.15, 0.2) is 5.82 Å². The van der Waals surface area contributed by atoms with E-state index in [1.165, 1.54) is 0 Å². The first-order valence-corrected chi connectivity index (χ1v) is 6.83. The zero-order valence-corrected chi connectivity index (χ0v) is 11.5. The summed E-state index contributed by atoms with van der Waals surface area (Å²) >= 11 is 1.54. The molecular formula is C13H14N2O3S. The molecule has 2 aromatic rings.